The van der Waals surface area contributed by atoms with Gasteiger partial charge in [-0.25, -0.2) is 9.18 Å². The molecule has 0 radical (unpaired) electrons. The van der Waals surface area contributed by atoms with Crippen LogP contribution in [0.1, 0.15) is 46.8 Å². The molecule has 1 atom stereocenters. The van der Waals surface area contributed by atoms with Crippen LogP contribution in [-0.4, -0.2) is 25.5 Å². The van der Waals surface area contributed by atoms with E-state index in [1.165, 1.54) is 19.2 Å². The molecule has 0 bridgehead atoms. The second-order valence-corrected chi connectivity index (χ2v) is 9.34. The number of carbonyl (C=O) groups is 2. The van der Waals surface area contributed by atoms with Crippen molar-refractivity contribution in [1.82, 2.24) is 5.32 Å². The van der Waals surface area contributed by atoms with Crippen molar-refractivity contribution in [2.75, 3.05) is 13.7 Å². The van der Waals surface area contributed by atoms with Gasteiger partial charge in [0.2, 0.25) is 0 Å². The Morgan fingerprint density at radius 2 is 1.84 bits per heavy atom. The highest BCUT2D eigenvalue weighted by Gasteiger charge is 2.43. The van der Waals surface area contributed by atoms with Gasteiger partial charge in [0.15, 0.2) is 17.3 Å². The van der Waals surface area contributed by atoms with Crippen LogP contribution >= 0.6 is 11.6 Å². The monoisotopic (exact) mass is 533 g/mol. The topological polar surface area (TPSA) is 73.9 Å². The molecule has 2 aliphatic rings. The molecule has 1 aliphatic heterocycles. The summed E-state index contributed by atoms with van der Waals surface area (Å²) < 4.78 is 30.5. The van der Waals surface area contributed by atoms with Gasteiger partial charge in [-0.1, -0.05) is 48.0 Å². The van der Waals surface area contributed by atoms with Gasteiger partial charge in [0.1, 0.15) is 12.4 Å². The van der Waals surface area contributed by atoms with Crippen LogP contribution in [0.5, 0.6) is 11.5 Å². The van der Waals surface area contributed by atoms with Gasteiger partial charge < -0.3 is 19.5 Å². The molecule has 6 nitrogen and oxygen atoms in total. The molecule has 38 heavy (non-hydrogen) atoms. The van der Waals surface area contributed by atoms with Gasteiger partial charge in [0, 0.05) is 28.3 Å². The number of methoxy groups -OCH3 is 1. The zero-order valence-corrected chi connectivity index (χ0v) is 21.8. The number of hydrogen-bond donors (Lipinski definition) is 1. The van der Waals surface area contributed by atoms with E-state index < -0.39 is 11.9 Å². The first-order chi connectivity index (χ1) is 18.3. The number of ketones is 1. The number of Topliss-reactive ketones (excluding diaryl/α,β-unsaturated/α-hetero) is 1. The van der Waals surface area contributed by atoms with Gasteiger partial charge in [0.25, 0.3) is 0 Å². The fraction of sp³-hybridized carbons (Fsp3) is 0.200. The minimum absolute atomic E-state index is 0.0662. The molecule has 8 heteroatoms. The lowest BCUT2D eigenvalue weighted by molar-refractivity contribution is -0.138. The summed E-state index contributed by atoms with van der Waals surface area (Å²) in [6, 6.07) is 16.7. The predicted octanol–water partition coefficient (Wildman–Crippen LogP) is 6.20. The van der Waals surface area contributed by atoms with Crippen molar-refractivity contribution >= 4 is 29.1 Å². The zero-order valence-electron chi connectivity index (χ0n) is 21.1. The van der Waals surface area contributed by atoms with E-state index in [9.17, 15) is 14.0 Å². The van der Waals surface area contributed by atoms with E-state index in [4.69, 9.17) is 25.8 Å². The molecular weight excluding hydrogens is 509 g/mol. The molecule has 1 N–H and O–H groups in total. The maximum absolute atomic E-state index is 13.6. The quantitative estimate of drug-likeness (QED) is 0.365. The molecule has 0 saturated heterocycles. The number of rotatable bonds is 7. The minimum atomic E-state index is -0.756. The van der Waals surface area contributed by atoms with E-state index in [2.05, 4.69) is 5.32 Å². The number of carbonyl (C=O) groups excluding carboxylic acids is 2. The third-order valence-electron chi connectivity index (χ3n) is 6.60. The third-order valence-corrected chi connectivity index (χ3v) is 6.88. The largest absolute Gasteiger partial charge is 0.493 e. The summed E-state index contributed by atoms with van der Waals surface area (Å²) in [7, 11) is 1.47. The lowest BCUT2D eigenvalue weighted by atomic mass is 9.79. The lowest BCUT2D eigenvalue weighted by Gasteiger charge is -2.29. The molecule has 0 fully saturated rings. The second kappa shape index (κ2) is 10.3. The van der Waals surface area contributed by atoms with Gasteiger partial charge in [-0.3, -0.25) is 4.79 Å². The normalized spacial score (nSPS) is 16.1. The number of allylic oxidation sites excluding steroid dienone is 2. The first kappa shape index (κ1) is 25.5. The molecule has 194 valence electrons. The highest BCUT2D eigenvalue weighted by Crippen LogP contribution is 2.49. The summed E-state index contributed by atoms with van der Waals surface area (Å²) in [5, 5.41) is 3.49. The van der Waals surface area contributed by atoms with Gasteiger partial charge in [-0.15, -0.1) is 0 Å². The fourth-order valence-corrected chi connectivity index (χ4v) is 5.24. The molecule has 0 amide bonds. The van der Waals surface area contributed by atoms with E-state index in [0.717, 1.165) is 5.56 Å². The summed E-state index contributed by atoms with van der Waals surface area (Å²) in [5.41, 5.74) is 4.51. The predicted molar refractivity (Wildman–Crippen MR) is 142 cm³/mol. The highest BCUT2D eigenvalue weighted by atomic mass is 35.5. The Bertz CT molecular complexity index is 1530. The van der Waals surface area contributed by atoms with E-state index in [-0.39, 0.29) is 35.6 Å². The van der Waals surface area contributed by atoms with Crippen molar-refractivity contribution in [3.63, 3.8) is 0 Å². The number of halogens is 2. The van der Waals surface area contributed by atoms with Crippen molar-refractivity contribution in [3.8, 4) is 11.5 Å². The summed E-state index contributed by atoms with van der Waals surface area (Å²) in [4.78, 5) is 26.8. The Balaban J connectivity index is 1.60. The Morgan fingerprint density at radius 1 is 1.08 bits per heavy atom. The maximum Gasteiger partial charge on any atom is 0.336 e. The molecule has 0 unspecified atom stereocenters. The average molecular weight is 534 g/mol. The van der Waals surface area contributed by atoms with Crippen molar-refractivity contribution in [2.45, 2.75) is 26.4 Å². The zero-order chi connectivity index (χ0) is 27.0. The number of hydrogen-bond acceptors (Lipinski definition) is 6. The molecule has 0 spiro atoms. The van der Waals surface area contributed by atoms with Crippen molar-refractivity contribution in [2.24, 2.45) is 0 Å². The van der Waals surface area contributed by atoms with E-state index in [1.54, 1.807) is 50.2 Å². The Hall–Kier alpha value is -4.10. The Kier molecular flexibility index (Phi) is 6.95. The standard InChI is InChI=1S/C30H25ClFNO5/c1-4-37-30(35)24-16(2)33-27-20-10-5-6-11-21(20)28(34)26(27)25(24)18-13-22(31)29(23(14-18)36-3)38-15-17-8-7-9-19(32)12-17/h5-14,25,33H,4,15H2,1-3H3/t25-/m1/s1. The Labute approximate surface area is 224 Å². The van der Waals surface area contributed by atoms with Crippen LogP contribution in [0.3, 0.4) is 0 Å². The van der Waals surface area contributed by atoms with Gasteiger partial charge in [0.05, 0.1) is 30.0 Å². The van der Waals surface area contributed by atoms with Crippen LogP contribution in [0.4, 0.5) is 4.39 Å². The molecule has 1 heterocycles. The number of nitrogens with one attached hydrogen (secondary N) is 1. The molecular formula is C30H25ClFNO5. The summed E-state index contributed by atoms with van der Waals surface area (Å²) in [6.07, 6.45) is 0. The molecule has 3 aromatic rings. The maximum atomic E-state index is 13.6. The fourth-order valence-electron chi connectivity index (χ4n) is 4.97. The van der Waals surface area contributed by atoms with Crippen LogP contribution in [0.15, 0.2) is 77.5 Å². The summed E-state index contributed by atoms with van der Waals surface area (Å²) in [5.74, 6) is -1.25. The van der Waals surface area contributed by atoms with Crippen molar-refractivity contribution in [1.29, 1.82) is 0 Å². The summed E-state index contributed by atoms with van der Waals surface area (Å²) in [6.45, 7) is 3.75. The van der Waals surface area contributed by atoms with Crippen LogP contribution < -0.4 is 14.8 Å². The molecule has 1 aliphatic carbocycles. The molecule has 0 aromatic heterocycles. The third kappa shape index (κ3) is 4.43. The van der Waals surface area contributed by atoms with Gasteiger partial charge in [-0.05, 0) is 49.2 Å². The second-order valence-electron chi connectivity index (χ2n) is 8.93. The van der Waals surface area contributed by atoms with E-state index in [1.807, 2.05) is 12.1 Å². The number of ether oxygens (including phenoxy) is 3. The Morgan fingerprint density at radius 3 is 2.55 bits per heavy atom. The van der Waals surface area contributed by atoms with Gasteiger partial charge in [-0.2, -0.15) is 0 Å². The van der Waals surface area contributed by atoms with Crippen LogP contribution in [0.2, 0.25) is 5.02 Å². The first-order valence-corrected chi connectivity index (χ1v) is 12.5. The minimum Gasteiger partial charge on any atom is -0.493 e. The lowest BCUT2D eigenvalue weighted by Crippen LogP contribution is -2.29. The van der Waals surface area contributed by atoms with Crippen molar-refractivity contribution < 1.29 is 28.2 Å². The van der Waals surface area contributed by atoms with Crippen molar-refractivity contribution in [3.05, 3.63) is 111 Å². The number of esters is 1. The summed E-state index contributed by atoms with van der Waals surface area (Å²) >= 11 is 6.70. The first-order valence-electron chi connectivity index (χ1n) is 12.1. The highest BCUT2D eigenvalue weighted by molar-refractivity contribution is 6.32. The number of dihydropyridines is 1. The molecule has 3 aromatic carbocycles. The van der Waals surface area contributed by atoms with Crippen LogP contribution in [0, 0.1) is 5.82 Å². The average Bonchev–Trinajstić information content (AvgIpc) is 3.18. The molecule has 5 rings (SSSR count). The SMILES string of the molecule is CCOC(=O)C1=C(C)NC2=C(C(=O)c3ccccc32)[C@@H]1c1cc(Cl)c(OCc2cccc(F)c2)c(OC)c1. The smallest absolute Gasteiger partial charge is 0.336 e. The van der Waals surface area contributed by atoms with Gasteiger partial charge >= 0.3 is 5.97 Å². The number of fused-ring (bicyclic) bond motifs is 2. The molecule has 0 saturated carbocycles. The van der Waals surface area contributed by atoms with E-state index in [0.29, 0.717) is 45.0 Å². The number of benzene rings is 3. The van der Waals surface area contributed by atoms with Crippen LogP contribution in [-0.2, 0) is 16.1 Å². The van der Waals surface area contributed by atoms with E-state index >= 15 is 0 Å². The van der Waals surface area contributed by atoms with Crippen LogP contribution in [0.25, 0.3) is 5.70 Å².